The molecule has 8 heteroatoms. The van der Waals surface area contributed by atoms with E-state index in [0.717, 1.165) is 6.07 Å². The van der Waals surface area contributed by atoms with Crippen LogP contribution in [0.4, 0.5) is 11.4 Å². The molecule has 1 amide bonds. The zero-order valence-electron chi connectivity index (χ0n) is 10.9. The van der Waals surface area contributed by atoms with Crippen molar-refractivity contribution in [2.24, 2.45) is 0 Å². The molecule has 0 aliphatic carbocycles. The van der Waals surface area contributed by atoms with Crippen LogP contribution in [0.2, 0.25) is 0 Å². The number of anilines is 1. The van der Waals surface area contributed by atoms with Crippen molar-refractivity contribution < 1.29 is 14.5 Å². The van der Waals surface area contributed by atoms with Gasteiger partial charge in [-0.1, -0.05) is 0 Å². The highest BCUT2D eigenvalue weighted by atomic mass is 16.6. The fourth-order valence-electron chi connectivity index (χ4n) is 1.43. The Labute approximate surface area is 115 Å². The SMILES string of the molecule is COCCNC(=O)CNc1ccc(C#N)cc1[N+](=O)[O-]. The lowest BCUT2D eigenvalue weighted by Crippen LogP contribution is -2.32. The van der Waals surface area contributed by atoms with Gasteiger partial charge in [-0.25, -0.2) is 0 Å². The summed E-state index contributed by atoms with van der Waals surface area (Å²) in [6.07, 6.45) is 0. The predicted molar refractivity (Wildman–Crippen MR) is 71.2 cm³/mol. The lowest BCUT2D eigenvalue weighted by molar-refractivity contribution is -0.384. The topological polar surface area (TPSA) is 117 Å². The van der Waals surface area contributed by atoms with E-state index < -0.39 is 4.92 Å². The number of carbonyl (C=O) groups is 1. The number of carbonyl (C=O) groups excluding carboxylic acids is 1. The van der Waals surface area contributed by atoms with Gasteiger partial charge in [0, 0.05) is 19.7 Å². The van der Waals surface area contributed by atoms with Gasteiger partial charge in [0.25, 0.3) is 5.69 Å². The molecule has 0 fully saturated rings. The summed E-state index contributed by atoms with van der Waals surface area (Å²) in [5.74, 6) is -0.305. The van der Waals surface area contributed by atoms with E-state index in [-0.39, 0.29) is 29.4 Å². The molecule has 0 spiro atoms. The van der Waals surface area contributed by atoms with Crippen molar-refractivity contribution in [3.05, 3.63) is 33.9 Å². The van der Waals surface area contributed by atoms with Crippen molar-refractivity contribution in [2.45, 2.75) is 0 Å². The first-order chi connectivity index (χ1) is 9.58. The van der Waals surface area contributed by atoms with Crippen molar-refractivity contribution >= 4 is 17.3 Å². The van der Waals surface area contributed by atoms with Gasteiger partial charge in [0.15, 0.2) is 0 Å². The number of hydrogen-bond acceptors (Lipinski definition) is 6. The van der Waals surface area contributed by atoms with Crippen LogP contribution in [0.5, 0.6) is 0 Å². The fraction of sp³-hybridized carbons (Fsp3) is 0.333. The standard InChI is InChI=1S/C12H14N4O4/c1-20-5-4-14-12(17)8-15-10-3-2-9(7-13)6-11(10)16(18)19/h2-3,6,15H,4-5,8H2,1H3,(H,14,17). The Morgan fingerprint density at radius 1 is 1.55 bits per heavy atom. The first kappa shape index (κ1) is 15.4. The van der Waals surface area contributed by atoms with E-state index in [1.54, 1.807) is 0 Å². The number of amides is 1. The summed E-state index contributed by atoms with van der Waals surface area (Å²) in [7, 11) is 1.52. The Morgan fingerprint density at radius 2 is 2.30 bits per heavy atom. The largest absolute Gasteiger partial charge is 0.383 e. The summed E-state index contributed by atoms with van der Waals surface area (Å²) in [4.78, 5) is 21.7. The van der Waals surface area contributed by atoms with Crippen molar-refractivity contribution in [2.75, 3.05) is 32.1 Å². The van der Waals surface area contributed by atoms with Gasteiger partial charge >= 0.3 is 0 Å². The summed E-state index contributed by atoms with van der Waals surface area (Å²) in [5.41, 5.74) is 0.136. The van der Waals surface area contributed by atoms with Crippen LogP contribution in [-0.4, -0.2) is 37.6 Å². The summed E-state index contributed by atoms with van der Waals surface area (Å²) >= 11 is 0. The summed E-state index contributed by atoms with van der Waals surface area (Å²) in [5, 5.41) is 24.8. The van der Waals surface area contributed by atoms with Gasteiger partial charge in [-0.05, 0) is 12.1 Å². The molecule has 1 aromatic rings. The third-order valence-electron chi connectivity index (χ3n) is 2.39. The minimum Gasteiger partial charge on any atom is -0.383 e. The van der Waals surface area contributed by atoms with Crippen LogP contribution in [0.15, 0.2) is 18.2 Å². The molecule has 0 saturated carbocycles. The minimum atomic E-state index is -0.605. The highest BCUT2D eigenvalue weighted by Crippen LogP contribution is 2.24. The quantitative estimate of drug-likeness (QED) is 0.429. The molecule has 0 aliphatic rings. The highest BCUT2D eigenvalue weighted by molar-refractivity contribution is 5.81. The van der Waals surface area contributed by atoms with E-state index in [1.807, 2.05) is 6.07 Å². The maximum absolute atomic E-state index is 11.4. The van der Waals surface area contributed by atoms with Crippen molar-refractivity contribution in [3.8, 4) is 6.07 Å². The Hall–Kier alpha value is -2.66. The van der Waals surface area contributed by atoms with E-state index in [0.29, 0.717) is 13.2 Å². The predicted octanol–water partition coefficient (Wildman–Crippen LogP) is 0.641. The molecule has 8 nitrogen and oxygen atoms in total. The van der Waals surface area contributed by atoms with Crippen LogP contribution in [0.1, 0.15) is 5.56 Å². The van der Waals surface area contributed by atoms with E-state index in [1.165, 1.54) is 19.2 Å². The molecule has 0 aromatic heterocycles. The lowest BCUT2D eigenvalue weighted by Gasteiger charge is -2.08. The molecule has 2 N–H and O–H groups in total. The van der Waals surface area contributed by atoms with Gasteiger partial charge in [-0.3, -0.25) is 14.9 Å². The summed E-state index contributed by atoms with van der Waals surface area (Å²) in [6, 6.07) is 5.83. The molecular weight excluding hydrogens is 264 g/mol. The Kier molecular flexibility index (Phi) is 5.93. The van der Waals surface area contributed by atoms with Crippen LogP contribution in [-0.2, 0) is 9.53 Å². The first-order valence-electron chi connectivity index (χ1n) is 5.76. The number of nitro benzene ring substituents is 1. The van der Waals surface area contributed by atoms with Crippen LogP contribution in [0.3, 0.4) is 0 Å². The number of nitro groups is 1. The summed E-state index contributed by atoms with van der Waals surface area (Å²) in [6.45, 7) is 0.658. The van der Waals surface area contributed by atoms with Gasteiger partial charge in [-0.2, -0.15) is 5.26 Å². The molecule has 0 unspecified atom stereocenters. The molecular formula is C12H14N4O4. The second kappa shape index (κ2) is 7.70. The van der Waals surface area contributed by atoms with Crippen LogP contribution >= 0.6 is 0 Å². The van der Waals surface area contributed by atoms with Gasteiger partial charge in [0.05, 0.1) is 29.7 Å². The zero-order chi connectivity index (χ0) is 15.0. The number of methoxy groups -OCH3 is 1. The number of rotatable bonds is 7. The van der Waals surface area contributed by atoms with Crippen molar-refractivity contribution in [1.82, 2.24) is 5.32 Å². The molecule has 1 rings (SSSR count). The van der Waals surface area contributed by atoms with Gasteiger partial charge in [0.1, 0.15) is 5.69 Å². The molecule has 0 radical (unpaired) electrons. The molecule has 1 aromatic carbocycles. The van der Waals surface area contributed by atoms with E-state index in [4.69, 9.17) is 10.00 Å². The number of nitrogens with zero attached hydrogens (tertiary/aromatic N) is 2. The number of nitriles is 1. The van der Waals surface area contributed by atoms with Crippen LogP contribution in [0, 0.1) is 21.4 Å². The molecule has 0 bridgehead atoms. The molecule has 0 atom stereocenters. The second-order valence-corrected chi connectivity index (χ2v) is 3.80. The third-order valence-corrected chi connectivity index (χ3v) is 2.39. The minimum absolute atomic E-state index is 0.101. The van der Waals surface area contributed by atoms with Gasteiger partial charge in [0.2, 0.25) is 5.91 Å². The maximum Gasteiger partial charge on any atom is 0.293 e. The molecule has 0 saturated heterocycles. The van der Waals surface area contributed by atoms with E-state index in [9.17, 15) is 14.9 Å². The van der Waals surface area contributed by atoms with Crippen molar-refractivity contribution in [3.63, 3.8) is 0 Å². The lowest BCUT2D eigenvalue weighted by atomic mass is 10.2. The smallest absolute Gasteiger partial charge is 0.293 e. The Bertz CT molecular complexity index is 539. The number of hydrogen-bond donors (Lipinski definition) is 2. The van der Waals surface area contributed by atoms with Crippen LogP contribution < -0.4 is 10.6 Å². The van der Waals surface area contributed by atoms with Crippen LogP contribution in [0.25, 0.3) is 0 Å². The monoisotopic (exact) mass is 278 g/mol. The summed E-state index contributed by atoms with van der Waals surface area (Å²) < 4.78 is 4.78. The van der Waals surface area contributed by atoms with E-state index in [2.05, 4.69) is 10.6 Å². The average molecular weight is 278 g/mol. The normalized spacial score (nSPS) is 9.60. The van der Waals surface area contributed by atoms with E-state index >= 15 is 0 Å². The fourth-order valence-corrected chi connectivity index (χ4v) is 1.43. The molecule has 106 valence electrons. The molecule has 20 heavy (non-hydrogen) atoms. The highest BCUT2D eigenvalue weighted by Gasteiger charge is 2.15. The van der Waals surface area contributed by atoms with Crippen molar-refractivity contribution in [1.29, 1.82) is 5.26 Å². The Balaban J connectivity index is 2.66. The molecule has 0 heterocycles. The Morgan fingerprint density at radius 3 is 2.90 bits per heavy atom. The number of benzene rings is 1. The zero-order valence-corrected chi connectivity index (χ0v) is 10.9. The number of nitrogens with one attached hydrogen (secondary N) is 2. The van der Waals surface area contributed by atoms with Gasteiger partial charge in [-0.15, -0.1) is 0 Å². The average Bonchev–Trinajstić information content (AvgIpc) is 2.45. The third kappa shape index (κ3) is 4.55. The first-order valence-corrected chi connectivity index (χ1v) is 5.76. The molecule has 0 aliphatic heterocycles. The number of ether oxygens (including phenoxy) is 1. The maximum atomic E-state index is 11.4. The van der Waals surface area contributed by atoms with Gasteiger partial charge < -0.3 is 15.4 Å². The second-order valence-electron chi connectivity index (χ2n) is 3.80.